The number of carbonyl (C=O) groups is 2. The van der Waals surface area contributed by atoms with Crippen molar-refractivity contribution in [3.05, 3.63) is 35.9 Å². The second-order valence-electron chi connectivity index (χ2n) is 5.26. The molecule has 20 heavy (non-hydrogen) atoms. The second kappa shape index (κ2) is 4.79. The number of carbonyl (C=O) groups excluding carboxylic acids is 1. The molecule has 0 spiro atoms. The first kappa shape index (κ1) is 14.3. The van der Waals surface area contributed by atoms with Gasteiger partial charge in [-0.15, -0.1) is 0 Å². The Morgan fingerprint density at radius 2 is 1.90 bits per heavy atom. The van der Waals surface area contributed by atoms with Gasteiger partial charge in [-0.25, -0.2) is 4.79 Å². The van der Waals surface area contributed by atoms with E-state index in [4.69, 9.17) is 9.84 Å². The van der Waals surface area contributed by atoms with E-state index in [9.17, 15) is 14.7 Å². The van der Waals surface area contributed by atoms with Gasteiger partial charge in [0.25, 0.3) is 0 Å². The molecule has 0 aromatic heterocycles. The zero-order valence-electron chi connectivity index (χ0n) is 11.4. The summed E-state index contributed by atoms with van der Waals surface area (Å²) in [6, 6.07) is 9.27. The van der Waals surface area contributed by atoms with Crippen LogP contribution in [0.4, 0.5) is 4.79 Å². The Hall–Kier alpha value is -2.08. The van der Waals surface area contributed by atoms with Gasteiger partial charge < -0.3 is 14.9 Å². The highest BCUT2D eigenvalue weighted by atomic mass is 16.6. The molecule has 2 N–H and O–H groups in total. The fourth-order valence-electron chi connectivity index (χ4n) is 2.35. The van der Waals surface area contributed by atoms with Crippen LogP contribution in [0.5, 0.6) is 0 Å². The van der Waals surface area contributed by atoms with Gasteiger partial charge in [-0.2, -0.15) is 0 Å². The molecule has 1 fully saturated rings. The molecule has 0 unspecified atom stereocenters. The number of hydrogen-bond donors (Lipinski definition) is 2. The predicted molar refractivity (Wildman–Crippen MR) is 70.0 cm³/mol. The summed E-state index contributed by atoms with van der Waals surface area (Å²) >= 11 is 0. The Balaban J connectivity index is 2.28. The molecule has 1 aliphatic heterocycles. The Kier molecular flexibility index (Phi) is 3.43. The number of nitrogens with zero attached hydrogens (tertiary/aromatic N) is 1. The van der Waals surface area contributed by atoms with Crippen LogP contribution in [0.3, 0.4) is 0 Å². The number of amides is 1. The Morgan fingerprint density at radius 3 is 2.45 bits per heavy atom. The molecule has 6 nitrogen and oxygen atoms in total. The topological polar surface area (TPSA) is 87.1 Å². The lowest BCUT2D eigenvalue weighted by Crippen LogP contribution is -2.57. The molecular formula is C14H17NO5. The van der Waals surface area contributed by atoms with Crippen LogP contribution in [-0.2, 0) is 16.0 Å². The molecule has 0 radical (unpaired) electrons. The molecule has 108 valence electrons. The number of carboxylic acids is 1. The van der Waals surface area contributed by atoms with Gasteiger partial charge in [0.1, 0.15) is 6.54 Å². The number of carboxylic acid groups (broad SMARTS) is 1. The average molecular weight is 279 g/mol. The summed E-state index contributed by atoms with van der Waals surface area (Å²) in [5, 5.41) is 19.4. The third-order valence-corrected chi connectivity index (χ3v) is 3.74. The zero-order chi connectivity index (χ0) is 15.0. The molecule has 1 aromatic carbocycles. The van der Waals surface area contributed by atoms with E-state index in [-0.39, 0.29) is 0 Å². The maximum Gasteiger partial charge on any atom is 0.413 e. The van der Waals surface area contributed by atoms with E-state index < -0.39 is 29.9 Å². The second-order valence-corrected chi connectivity index (χ2v) is 5.26. The van der Waals surface area contributed by atoms with E-state index in [2.05, 4.69) is 0 Å². The molecule has 0 saturated carbocycles. The Labute approximate surface area is 116 Å². The summed E-state index contributed by atoms with van der Waals surface area (Å²) < 4.78 is 5.26. The first-order valence-electron chi connectivity index (χ1n) is 6.25. The molecule has 2 rings (SSSR count). The maximum absolute atomic E-state index is 11.8. The van der Waals surface area contributed by atoms with Crippen molar-refractivity contribution in [2.75, 3.05) is 6.54 Å². The molecule has 2 atom stereocenters. The van der Waals surface area contributed by atoms with Crippen molar-refractivity contribution in [1.29, 1.82) is 0 Å². The molecule has 6 heteroatoms. The van der Waals surface area contributed by atoms with Crippen LogP contribution in [0, 0.1) is 0 Å². The monoisotopic (exact) mass is 279 g/mol. The van der Waals surface area contributed by atoms with Crippen LogP contribution in [-0.4, -0.2) is 45.0 Å². The van der Waals surface area contributed by atoms with Crippen LogP contribution in [0.15, 0.2) is 30.3 Å². The number of aliphatic carboxylic acids is 1. The highest BCUT2D eigenvalue weighted by Crippen LogP contribution is 2.39. The van der Waals surface area contributed by atoms with Crippen molar-refractivity contribution in [2.45, 2.75) is 31.6 Å². The molecule has 0 bridgehead atoms. The van der Waals surface area contributed by atoms with E-state index in [1.165, 1.54) is 6.92 Å². The quantitative estimate of drug-likeness (QED) is 0.865. The third-order valence-electron chi connectivity index (χ3n) is 3.74. The Bertz CT molecular complexity index is 528. The zero-order valence-corrected chi connectivity index (χ0v) is 11.4. The van der Waals surface area contributed by atoms with Crippen LogP contribution in [0.1, 0.15) is 19.4 Å². The number of benzene rings is 1. The molecule has 1 heterocycles. The predicted octanol–water partition coefficient (Wildman–Crippen LogP) is 1.23. The van der Waals surface area contributed by atoms with Crippen molar-refractivity contribution < 1.29 is 24.5 Å². The van der Waals surface area contributed by atoms with Crippen molar-refractivity contribution >= 4 is 12.1 Å². The van der Waals surface area contributed by atoms with Crippen molar-refractivity contribution in [2.24, 2.45) is 0 Å². The van der Waals surface area contributed by atoms with Crippen LogP contribution >= 0.6 is 0 Å². The van der Waals surface area contributed by atoms with E-state index in [0.717, 1.165) is 10.5 Å². The normalized spacial score (nSPS) is 29.4. The number of ether oxygens (including phenoxy) is 1. The fraction of sp³-hybridized carbons (Fsp3) is 0.429. The standard InChI is InChI=1S/C14H17NO5/c1-13(8-10-6-4-3-5-7-10)14(2,19)15(9-11(16)17)12(18)20-13/h3-7,19H,8-9H2,1-2H3,(H,16,17)/t13-,14+/m0/s1. The molecule has 1 amide bonds. The fourth-order valence-corrected chi connectivity index (χ4v) is 2.35. The van der Waals surface area contributed by atoms with E-state index >= 15 is 0 Å². The lowest BCUT2D eigenvalue weighted by Gasteiger charge is -2.36. The minimum atomic E-state index is -1.70. The summed E-state index contributed by atoms with van der Waals surface area (Å²) in [7, 11) is 0. The SMILES string of the molecule is C[C@]1(O)N(CC(=O)O)C(=O)O[C@@]1(C)Cc1ccccc1. The van der Waals surface area contributed by atoms with Crippen LogP contribution < -0.4 is 0 Å². The first-order chi connectivity index (χ1) is 9.26. The first-order valence-corrected chi connectivity index (χ1v) is 6.25. The van der Waals surface area contributed by atoms with E-state index in [1.54, 1.807) is 6.92 Å². The summed E-state index contributed by atoms with van der Waals surface area (Å²) in [5.74, 6) is -1.20. The highest BCUT2D eigenvalue weighted by molar-refractivity contribution is 5.79. The van der Waals surface area contributed by atoms with Crippen LogP contribution in [0.2, 0.25) is 0 Å². The van der Waals surface area contributed by atoms with Crippen LogP contribution in [0.25, 0.3) is 0 Å². The van der Waals surface area contributed by atoms with Gasteiger partial charge in [0.2, 0.25) is 0 Å². The lowest BCUT2D eigenvalue weighted by molar-refractivity contribution is -0.153. The van der Waals surface area contributed by atoms with Gasteiger partial charge in [-0.05, 0) is 19.4 Å². The smallest absolute Gasteiger partial charge is 0.413 e. The number of rotatable bonds is 4. The van der Waals surface area contributed by atoms with Gasteiger partial charge in [0.05, 0.1) is 0 Å². The number of hydrogen-bond acceptors (Lipinski definition) is 4. The van der Waals surface area contributed by atoms with Gasteiger partial charge >= 0.3 is 12.1 Å². The summed E-state index contributed by atoms with van der Waals surface area (Å²) in [4.78, 5) is 23.4. The summed E-state index contributed by atoms with van der Waals surface area (Å²) in [6.45, 7) is 2.39. The van der Waals surface area contributed by atoms with Crippen molar-refractivity contribution in [3.8, 4) is 0 Å². The summed E-state index contributed by atoms with van der Waals surface area (Å²) in [6.07, 6.45) is -0.529. The highest BCUT2D eigenvalue weighted by Gasteiger charge is 2.59. The van der Waals surface area contributed by atoms with E-state index in [1.807, 2.05) is 30.3 Å². The largest absolute Gasteiger partial charge is 0.480 e. The van der Waals surface area contributed by atoms with E-state index in [0.29, 0.717) is 6.42 Å². The molecule has 1 aliphatic rings. The molecule has 0 aliphatic carbocycles. The van der Waals surface area contributed by atoms with Gasteiger partial charge in [0.15, 0.2) is 11.3 Å². The maximum atomic E-state index is 11.8. The minimum absolute atomic E-state index is 0.294. The van der Waals surface area contributed by atoms with Gasteiger partial charge in [0, 0.05) is 6.42 Å². The molecule has 1 aromatic rings. The lowest BCUT2D eigenvalue weighted by atomic mass is 9.87. The third kappa shape index (κ3) is 2.34. The van der Waals surface area contributed by atoms with Gasteiger partial charge in [-0.1, -0.05) is 30.3 Å². The summed E-state index contributed by atoms with van der Waals surface area (Å²) in [5.41, 5.74) is -2.01. The van der Waals surface area contributed by atoms with Crippen molar-refractivity contribution in [3.63, 3.8) is 0 Å². The Morgan fingerprint density at radius 1 is 1.30 bits per heavy atom. The molecule has 1 saturated heterocycles. The van der Waals surface area contributed by atoms with Crippen molar-refractivity contribution in [1.82, 2.24) is 4.90 Å². The average Bonchev–Trinajstić information content (AvgIpc) is 2.50. The minimum Gasteiger partial charge on any atom is -0.480 e. The number of cyclic esters (lactones) is 1. The molecular weight excluding hydrogens is 262 g/mol. The van der Waals surface area contributed by atoms with Gasteiger partial charge in [-0.3, -0.25) is 9.69 Å². The number of aliphatic hydroxyl groups is 1.